The number of rotatable bonds is 5. The summed E-state index contributed by atoms with van der Waals surface area (Å²) < 4.78 is 28.6. The van der Waals surface area contributed by atoms with E-state index in [1.54, 1.807) is 0 Å². The van der Waals surface area contributed by atoms with E-state index in [0.29, 0.717) is 26.2 Å². The Kier molecular flexibility index (Phi) is 5.53. The van der Waals surface area contributed by atoms with Gasteiger partial charge in [-0.15, -0.1) is 0 Å². The summed E-state index contributed by atoms with van der Waals surface area (Å²) in [5, 5.41) is 3.07. The van der Waals surface area contributed by atoms with E-state index in [2.05, 4.69) is 10.2 Å². The number of nitrogens with zero attached hydrogens (tertiary/aromatic N) is 1. The Morgan fingerprint density at radius 2 is 1.96 bits per heavy atom. The summed E-state index contributed by atoms with van der Waals surface area (Å²) in [6.07, 6.45) is 0.424. The summed E-state index contributed by atoms with van der Waals surface area (Å²) in [4.78, 5) is 14.8. The molecule has 0 radical (unpaired) electrons. The molecule has 2 heterocycles. The fraction of sp³-hybridized carbons (Fsp3) is 0.588. The van der Waals surface area contributed by atoms with Crippen molar-refractivity contribution in [1.82, 2.24) is 10.2 Å². The second kappa shape index (κ2) is 7.63. The van der Waals surface area contributed by atoms with Crippen molar-refractivity contribution in [3.8, 4) is 0 Å². The molecule has 2 unspecified atom stereocenters. The highest BCUT2D eigenvalue weighted by molar-refractivity contribution is 7.91. The van der Waals surface area contributed by atoms with Gasteiger partial charge in [-0.3, -0.25) is 9.69 Å². The lowest BCUT2D eigenvalue weighted by atomic mass is 10.0. The normalized spacial score (nSPS) is 25.2. The van der Waals surface area contributed by atoms with Crippen molar-refractivity contribution in [2.24, 2.45) is 5.92 Å². The average Bonchev–Trinajstić information content (AvgIpc) is 2.96. The molecule has 0 spiro atoms. The minimum atomic E-state index is -3.06. The Morgan fingerprint density at radius 1 is 1.25 bits per heavy atom. The largest absolute Gasteiger partial charge is 0.379 e. The third kappa shape index (κ3) is 4.55. The molecule has 0 aromatic heterocycles. The molecule has 1 aromatic rings. The van der Waals surface area contributed by atoms with Gasteiger partial charge >= 0.3 is 0 Å². The van der Waals surface area contributed by atoms with Crippen LogP contribution in [0.15, 0.2) is 30.3 Å². The van der Waals surface area contributed by atoms with Crippen LogP contribution in [0.3, 0.4) is 0 Å². The van der Waals surface area contributed by atoms with Crippen molar-refractivity contribution in [3.05, 3.63) is 35.9 Å². The first-order chi connectivity index (χ1) is 11.5. The van der Waals surface area contributed by atoms with Crippen molar-refractivity contribution >= 4 is 15.7 Å². The number of morpholine rings is 1. The van der Waals surface area contributed by atoms with Gasteiger partial charge in [-0.25, -0.2) is 8.42 Å². The van der Waals surface area contributed by atoms with E-state index >= 15 is 0 Å². The second-order valence-corrected chi connectivity index (χ2v) is 8.71. The Bertz CT molecular complexity index is 656. The van der Waals surface area contributed by atoms with Gasteiger partial charge in [0.2, 0.25) is 5.91 Å². The zero-order chi connectivity index (χ0) is 17.0. The molecule has 132 valence electrons. The zero-order valence-electron chi connectivity index (χ0n) is 13.7. The monoisotopic (exact) mass is 352 g/mol. The van der Waals surface area contributed by atoms with E-state index in [0.717, 1.165) is 18.7 Å². The molecular formula is C17H24N2O4S. The molecule has 6 nitrogen and oxygen atoms in total. The SMILES string of the molecule is O=C(NC(CN1CCOCC1)c1ccccc1)C1CCS(=O)(=O)C1. The molecule has 2 saturated heterocycles. The zero-order valence-corrected chi connectivity index (χ0v) is 14.5. The number of sulfone groups is 1. The summed E-state index contributed by atoms with van der Waals surface area (Å²) >= 11 is 0. The summed E-state index contributed by atoms with van der Waals surface area (Å²) in [5.41, 5.74) is 1.04. The third-order valence-corrected chi connectivity index (χ3v) is 6.43. The molecule has 2 aliphatic heterocycles. The summed E-state index contributed by atoms with van der Waals surface area (Å²) in [5.74, 6) is -0.494. The highest BCUT2D eigenvalue weighted by Gasteiger charge is 2.34. The van der Waals surface area contributed by atoms with E-state index in [1.807, 2.05) is 30.3 Å². The predicted molar refractivity (Wildman–Crippen MR) is 91.3 cm³/mol. The van der Waals surface area contributed by atoms with Crippen molar-refractivity contribution < 1.29 is 17.9 Å². The van der Waals surface area contributed by atoms with Crippen LogP contribution in [0.25, 0.3) is 0 Å². The molecule has 2 aliphatic rings. The first kappa shape index (κ1) is 17.4. The van der Waals surface area contributed by atoms with E-state index < -0.39 is 15.8 Å². The highest BCUT2D eigenvalue weighted by atomic mass is 32.2. The maximum Gasteiger partial charge on any atom is 0.224 e. The van der Waals surface area contributed by atoms with E-state index in [9.17, 15) is 13.2 Å². The lowest BCUT2D eigenvalue weighted by Crippen LogP contribution is -2.44. The van der Waals surface area contributed by atoms with Crippen LogP contribution in [0, 0.1) is 5.92 Å². The van der Waals surface area contributed by atoms with Crippen molar-refractivity contribution in [2.45, 2.75) is 12.5 Å². The molecule has 0 aliphatic carbocycles. The number of ether oxygens (including phenoxy) is 1. The topological polar surface area (TPSA) is 75.7 Å². The first-order valence-corrected chi connectivity index (χ1v) is 10.2. The van der Waals surface area contributed by atoms with Crippen molar-refractivity contribution in [2.75, 3.05) is 44.4 Å². The molecule has 0 bridgehead atoms. The number of amides is 1. The van der Waals surface area contributed by atoms with Crippen LogP contribution in [-0.2, 0) is 19.4 Å². The van der Waals surface area contributed by atoms with Crippen LogP contribution in [0.2, 0.25) is 0 Å². The van der Waals surface area contributed by atoms with Gasteiger partial charge in [0, 0.05) is 19.6 Å². The van der Waals surface area contributed by atoms with Crippen LogP contribution in [0.1, 0.15) is 18.0 Å². The number of carbonyl (C=O) groups is 1. The maximum atomic E-state index is 12.5. The van der Waals surface area contributed by atoms with Gasteiger partial charge in [0.25, 0.3) is 0 Å². The molecule has 1 N–H and O–H groups in total. The molecular weight excluding hydrogens is 328 g/mol. The van der Waals surface area contributed by atoms with Crippen LogP contribution in [0.5, 0.6) is 0 Å². The number of hydrogen-bond donors (Lipinski definition) is 1. The number of nitrogens with one attached hydrogen (secondary N) is 1. The molecule has 24 heavy (non-hydrogen) atoms. The maximum absolute atomic E-state index is 12.5. The fourth-order valence-corrected chi connectivity index (χ4v) is 4.99. The fourth-order valence-electron chi connectivity index (χ4n) is 3.25. The van der Waals surface area contributed by atoms with Gasteiger partial charge < -0.3 is 10.1 Å². The molecule has 0 saturated carbocycles. The molecule has 7 heteroatoms. The second-order valence-electron chi connectivity index (χ2n) is 6.48. The van der Waals surface area contributed by atoms with Crippen LogP contribution in [-0.4, -0.2) is 63.6 Å². The number of benzene rings is 1. The third-order valence-electron chi connectivity index (χ3n) is 4.67. The Hall–Kier alpha value is -1.44. The summed E-state index contributed by atoms with van der Waals surface area (Å²) in [7, 11) is -3.06. The quantitative estimate of drug-likeness (QED) is 0.840. The highest BCUT2D eigenvalue weighted by Crippen LogP contribution is 2.21. The molecule has 3 rings (SSSR count). The van der Waals surface area contributed by atoms with Gasteiger partial charge in [0.05, 0.1) is 36.7 Å². The lowest BCUT2D eigenvalue weighted by Gasteiger charge is -2.31. The van der Waals surface area contributed by atoms with Crippen LogP contribution < -0.4 is 5.32 Å². The first-order valence-electron chi connectivity index (χ1n) is 8.39. The van der Waals surface area contributed by atoms with Gasteiger partial charge in [-0.2, -0.15) is 0 Å². The van der Waals surface area contributed by atoms with E-state index in [-0.39, 0.29) is 23.5 Å². The Balaban J connectivity index is 1.68. The van der Waals surface area contributed by atoms with Gasteiger partial charge in [-0.05, 0) is 12.0 Å². The standard InChI is InChI=1S/C17H24N2O4S/c20-17(15-6-11-24(21,22)13-15)18-16(14-4-2-1-3-5-14)12-19-7-9-23-10-8-19/h1-5,15-16H,6-13H2,(H,18,20). The Morgan fingerprint density at radius 3 is 2.58 bits per heavy atom. The Labute approximate surface area is 143 Å². The minimum Gasteiger partial charge on any atom is -0.379 e. The summed E-state index contributed by atoms with van der Waals surface area (Å²) in [6, 6.07) is 9.70. The number of hydrogen-bond acceptors (Lipinski definition) is 5. The number of carbonyl (C=O) groups excluding carboxylic acids is 1. The molecule has 2 atom stereocenters. The van der Waals surface area contributed by atoms with Crippen molar-refractivity contribution in [1.29, 1.82) is 0 Å². The average molecular weight is 352 g/mol. The molecule has 1 aromatic carbocycles. The van der Waals surface area contributed by atoms with Crippen LogP contribution in [0.4, 0.5) is 0 Å². The molecule has 1 amide bonds. The smallest absolute Gasteiger partial charge is 0.224 e. The van der Waals surface area contributed by atoms with Gasteiger partial charge in [0.1, 0.15) is 0 Å². The van der Waals surface area contributed by atoms with Gasteiger partial charge in [-0.1, -0.05) is 30.3 Å². The minimum absolute atomic E-state index is 0.0299. The van der Waals surface area contributed by atoms with E-state index in [4.69, 9.17) is 4.74 Å². The van der Waals surface area contributed by atoms with Crippen LogP contribution >= 0.6 is 0 Å². The molecule has 2 fully saturated rings. The van der Waals surface area contributed by atoms with E-state index in [1.165, 1.54) is 0 Å². The van der Waals surface area contributed by atoms with Crippen molar-refractivity contribution in [3.63, 3.8) is 0 Å². The summed E-state index contributed by atoms with van der Waals surface area (Å²) in [6.45, 7) is 3.80. The van der Waals surface area contributed by atoms with Gasteiger partial charge in [0.15, 0.2) is 9.84 Å². The predicted octanol–water partition coefficient (Wildman–Crippen LogP) is 0.611. The lowest BCUT2D eigenvalue weighted by molar-refractivity contribution is -0.125.